The summed E-state index contributed by atoms with van der Waals surface area (Å²) in [6.45, 7) is 2.76. The van der Waals surface area contributed by atoms with Gasteiger partial charge in [-0.05, 0) is 19.1 Å². The third kappa shape index (κ3) is 3.21. The van der Waals surface area contributed by atoms with Gasteiger partial charge in [-0.3, -0.25) is 4.79 Å². The van der Waals surface area contributed by atoms with Crippen LogP contribution in [0.15, 0.2) is 18.3 Å². The SMILES string of the molecule is CNc1ccc(C(=O)N2CC(C)OC(CO)C2)cn1. The van der Waals surface area contributed by atoms with E-state index < -0.39 is 0 Å². The molecule has 1 aliphatic rings. The van der Waals surface area contributed by atoms with Gasteiger partial charge in [0.05, 0.1) is 24.4 Å². The molecule has 0 aromatic carbocycles. The van der Waals surface area contributed by atoms with Crippen LogP contribution < -0.4 is 5.32 Å². The molecule has 104 valence electrons. The highest BCUT2D eigenvalue weighted by Crippen LogP contribution is 2.14. The fourth-order valence-corrected chi connectivity index (χ4v) is 2.16. The number of ether oxygens (including phenoxy) is 1. The number of aliphatic hydroxyl groups excluding tert-OH is 1. The first-order valence-corrected chi connectivity index (χ1v) is 6.33. The molecule has 1 aliphatic heterocycles. The summed E-state index contributed by atoms with van der Waals surface area (Å²) in [6, 6.07) is 3.51. The minimum absolute atomic E-state index is 0.0700. The van der Waals surface area contributed by atoms with Gasteiger partial charge in [0, 0.05) is 26.3 Å². The van der Waals surface area contributed by atoms with Gasteiger partial charge >= 0.3 is 0 Å². The predicted molar refractivity (Wildman–Crippen MR) is 71.1 cm³/mol. The van der Waals surface area contributed by atoms with Crippen molar-refractivity contribution in [2.24, 2.45) is 0 Å². The zero-order chi connectivity index (χ0) is 13.8. The molecular weight excluding hydrogens is 246 g/mol. The molecular formula is C13H19N3O3. The lowest BCUT2D eigenvalue weighted by Gasteiger charge is -2.36. The minimum Gasteiger partial charge on any atom is -0.394 e. The van der Waals surface area contributed by atoms with Crippen LogP contribution in [0.3, 0.4) is 0 Å². The van der Waals surface area contributed by atoms with Crippen molar-refractivity contribution in [3.8, 4) is 0 Å². The summed E-state index contributed by atoms with van der Waals surface area (Å²) in [4.78, 5) is 18.2. The second-order valence-electron chi connectivity index (χ2n) is 4.64. The number of morpholine rings is 1. The Labute approximate surface area is 112 Å². The molecule has 2 unspecified atom stereocenters. The third-order valence-electron chi connectivity index (χ3n) is 3.08. The second kappa shape index (κ2) is 5.99. The summed E-state index contributed by atoms with van der Waals surface area (Å²) in [5.41, 5.74) is 0.546. The standard InChI is InChI=1S/C13H19N3O3/c1-9-6-16(7-11(8-17)19-9)13(18)10-3-4-12(14-2)15-5-10/h3-5,9,11,17H,6-8H2,1-2H3,(H,14,15). The smallest absolute Gasteiger partial charge is 0.255 e. The monoisotopic (exact) mass is 265 g/mol. The van der Waals surface area contributed by atoms with Gasteiger partial charge in [0.15, 0.2) is 0 Å². The van der Waals surface area contributed by atoms with E-state index in [1.54, 1.807) is 30.3 Å². The normalized spacial score (nSPS) is 23.2. The Morgan fingerprint density at radius 2 is 2.37 bits per heavy atom. The molecule has 6 heteroatoms. The maximum atomic E-state index is 12.3. The highest BCUT2D eigenvalue weighted by atomic mass is 16.5. The zero-order valence-electron chi connectivity index (χ0n) is 11.2. The Hall–Kier alpha value is -1.66. The lowest BCUT2D eigenvalue weighted by atomic mass is 10.2. The fourth-order valence-electron chi connectivity index (χ4n) is 2.16. The van der Waals surface area contributed by atoms with E-state index in [-0.39, 0.29) is 24.7 Å². The first kappa shape index (κ1) is 13.8. The number of amides is 1. The van der Waals surface area contributed by atoms with Crippen LogP contribution in [0.4, 0.5) is 5.82 Å². The van der Waals surface area contributed by atoms with E-state index in [9.17, 15) is 4.79 Å². The number of pyridine rings is 1. The number of hydrogen-bond acceptors (Lipinski definition) is 5. The van der Waals surface area contributed by atoms with E-state index in [1.165, 1.54) is 0 Å². The van der Waals surface area contributed by atoms with E-state index in [1.807, 2.05) is 6.92 Å². The summed E-state index contributed by atoms with van der Waals surface area (Å²) in [7, 11) is 1.78. The molecule has 1 fully saturated rings. The first-order valence-electron chi connectivity index (χ1n) is 6.33. The van der Waals surface area contributed by atoms with Gasteiger partial charge in [-0.1, -0.05) is 0 Å². The molecule has 0 spiro atoms. The Bertz CT molecular complexity index is 435. The summed E-state index contributed by atoms with van der Waals surface area (Å²) < 4.78 is 5.52. The number of anilines is 1. The number of rotatable bonds is 3. The Morgan fingerprint density at radius 1 is 1.58 bits per heavy atom. The Kier molecular flexibility index (Phi) is 4.34. The van der Waals surface area contributed by atoms with E-state index in [2.05, 4.69) is 10.3 Å². The summed E-state index contributed by atoms with van der Waals surface area (Å²) in [6.07, 6.45) is 1.18. The van der Waals surface area contributed by atoms with Crippen LogP contribution >= 0.6 is 0 Å². The molecule has 2 heterocycles. The van der Waals surface area contributed by atoms with Gasteiger partial charge in [-0.15, -0.1) is 0 Å². The van der Waals surface area contributed by atoms with E-state index in [4.69, 9.17) is 9.84 Å². The Morgan fingerprint density at radius 3 is 2.95 bits per heavy atom. The minimum atomic E-state index is -0.308. The predicted octanol–water partition coefficient (Wildman–Crippen LogP) is 0.345. The quantitative estimate of drug-likeness (QED) is 0.824. The molecule has 19 heavy (non-hydrogen) atoms. The number of aliphatic hydroxyl groups is 1. The largest absolute Gasteiger partial charge is 0.394 e. The van der Waals surface area contributed by atoms with E-state index in [0.717, 1.165) is 5.82 Å². The number of carbonyl (C=O) groups excluding carboxylic acids is 1. The van der Waals surface area contributed by atoms with Gasteiger partial charge in [0.2, 0.25) is 0 Å². The molecule has 1 aromatic heterocycles. The van der Waals surface area contributed by atoms with Crippen LogP contribution in [0.5, 0.6) is 0 Å². The summed E-state index contributed by atoms with van der Waals surface area (Å²) in [5.74, 6) is 0.642. The van der Waals surface area contributed by atoms with Gasteiger partial charge in [-0.2, -0.15) is 0 Å². The molecule has 0 bridgehead atoms. The average molecular weight is 265 g/mol. The molecule has 6 nitrogen and oxygen atoms in total. The number of nitrogens with one attached hydrogen (secondary N) is 1. The molecule has 2 rings (SSSR count). The van der Waals surface area contributed by atoms with Crippen LogP contribution in [0, 0.1) is 0 Å². The highest BCUT2D eigenvalue weighted by molar-refractivity contribution is 5.94. The van der Waals surface area contributed by atoms with Crippen molar-refractivity contribution in [1.29, 1.82) is 0 Å². The number of aromatic nitrogens is 1. The average Bonchev–Trinajstić information content (AvgIpc) is 2.46. The molecule has 2 N–H and O–H groups in total. The summed E-state index contributed by atoms with van der Waals surface area (Å²) >= 11 is 0. The van der Waals surface area contributed by atoms with Gasteiger partial charge in [0.1, 0.15) is 5.82 Å². The lowest BCUT2D eigenvalue weighted by molar-refractivity contribution is -0.0858. The van der Waals surface area contributed by atoms with E-state index in [0.29, 0.717) is 18.7 Å². The van der Waals surface area contributed by atoms with Gasteiger partial charge < -0.3 is 20.1 Å². The third-order valence-corrected chi connectivity index (χ3v) is 3.08. The van der Waals surface area contributed by atoms with Crippen LogP contribution in [0.25, 0.3) is 0 Å². The van der Waals surface area contributed by atoms with Crippen molar-refractivity contribution in [2.45, 2.75) is 19.1 Å². The van der Waals surface area contributed by atoms with Crippen molar-refractivity contribution < 1.29 is 14.6 Å². The van der Waals surface area contributed by atoms with Crippen molar-refractivity contribution in [1.82, 2.24) is 9.88 Å². The lowest BCUT2D eigenvalue weighted by Crippen LogP contribution is -2.50. The molecule has 0 radical (unpaired) electrons. The Balaban J connectivity index is 2.09. The maximum Gasteiger partial charge on any atom is 0.255 e. The molecule has 0 aliphatic carbocycles. The van der Waals surface area contributed by atoms with Crippen molar-refractivity contribution in [3.63, 3.8) is 0 Å². The van der Waals surface area contributed by atoms with Crippen LogP contribution in [0.1, 0.15) is 17.3 Å². The summed E-state index contributed by atoms with van der Waals surface area (Å²) in [5, 5.41) is 12.1. The van der Waals surface area contributed by atoms with Crippen molar-refractivity contribution in [2.75, 3.05) is 32.1 Å². The number of hydrogen-bond donors (Lipinski definition) is 2. The van der Waals surface area contributed by atoms with Crippen LogP contribution in [-0.2, 0) is 4.74 Å². The highest BCUT2D eigenvalue weighted by Gasteiger charge is 2.28. The van der Waals surface area contributed by atoms with Crippen LogP contribution in [-0.4, -0.2) is 59.8 Å². The fraction of sp³-hybridized carbons (Fsp3) is 0.538. The zero-order valence-corrected chi connectivity index (χ0v) is 11.2. The number of carbonyl (C=O) groups is 1. The molecule has 2 atom stereocenters. The van der Waals surface area contributed by atoms with Crippen molar-refractivity contribution >= 4 is 11.7 Å². The molecule has 1 saturated heterocycles. The molecule has 0 saturated carbocycles. The van der Waals surface area contributed by atoms with E-state index >= 15 is 0 Å². The maximum absolute atomic E-state index is 12.3. The van der Waals surface area contributed by atoms with Gasteiger partial charge in [0.25, 0.3) is 5.91 Å². The van der Waals surface area contributed by atoms with Gasteiger partial charge in [-0.25, -0.2) is 4.98 Å². The molecule has 1 aromatic rings. The van der Waals surface area contributed by atoms with Crippen molar-refractivity contribution in [3.05, 3.63) is 23.9 Å². The second-order valence-corrected chi connectivity index (χ2v) is 4.64. The molecule has 1 amide bonds. The van der Waals surface area contributed by atoms with Crippen LogP contribution in [0.2, 0.25) is 0 Å². The number of nitrogens with zero attached hydrogens (tertiary/aromatic N) is 2. The first-order chi connectivity index (χ1) is 9.13. The topological polar surface area (TPSA) is 74.7 Å².